The molecule has 1 nitrogen and oxygen atoms in total. The fourth-order valence-electron chi connectivity index (χ4n) is 0.996. The third kappa shape index (κ3) is 3.47. The second kappa shape index (κ2) is 5.26. The fraction of sp³-hybridized carbons (Fsp3) is 0.231. The molecular weight excluding hydrogens is 172 g/mol. The minimum atomic E-state index is 0.0500. The minimum absolute atomic E-state index is 0.0500. The van der Waals surface area contributed by atoms with Gasteiger partial charge in [0.1, 0.15) is 0 Å². The Morgan fingerprint density at radius 1 is 1.36 bits per heavy atom. The van der Waals surface area contributed by atoms with E-state index in [1.807, 2.05) is 38.1 Å². The van der Waals surface area contributed by atoms with Gasteiger partial charge in [0.2, 0.25) is 0 Å². The van der Waals surface area contributed by atoms with Gasteiger partial charge in [-0.2, -0.15) is 0 Å². The molecule has 0 spiro atoms. The van der Waals surface area contributed by atoms with Gasteiger partial charge < -0.3 is 5.11 Å². The monoisotopic (exact) mass is 186 g/mol. The van der Waals surface area contributed by atoms with Gasteiger partial charge in [-0.15, -0.1) is 0 Å². The first-order valence-electron chi connectivity index (χ1n) is 4.58. The van der Waals surface area contributed by atoms with Gasteiger partial charge in [-0.05, 0) is 37.6 Å². The Kier molecular flexibility index (Phi) is 3.97. The lowest BCUT2D eigenvalue weighted by Gasteiger charge is -1.91. The third-order valence-corrected chi connectivity index (χ3v) is 1.85. The molecule has 0 unspecified atom stereocenters. The van der Waals surface area contributed by atoms with E-state index in [2.05, 4.69) is 11.8 Å². The van der Waals surface area contributed by atoms with Gasteiger partial charge in [0.05, 0.1) is 6.61 Å². The smallest absolute Gasteiger partial charge is 0.0624 e. The minimum Gasteiger partial charge on any atom is -0.392 e. The van der Waals surface area contributed by atoms with Crippen LogP contribution in [0.3, 0.4) is 0 Å². The molecule has 0 atom stereocenters. The number of rotatable bonds is 1. The lowest BCUT2D eigenvalue weighted by molar-refractivity contribution is 0.342. The van der Waals surface area contributed by atoms with Crippen molar-refractivity contribution < 1.29 is 5.11 Å². The van der Waals surface area contributed by atoms with E-state index in [-0.39, 0.29) is 6.61 Å². The van der Waals surface area contributed by atoms with Crippen molar-refractivity contribution in [2.24, 2.45) is 0 Å². The maximum Gasteiger partial charge on any atom is 0.0624 e. The van der Waals surface area contributed by atoms with Crippen molar-refractivity contribution in [2.75, 3.05) is 6.61 Å². The summed E-state index contributed by atoms with van der Waals surface area (Å²) >= 11 is 0. The van der Waals surface area contributed by atoms with Crippen LogP contribution >= 0.6 is 0 Å². The second-order valence-corrected chi connectivity index (χ2v) is 3.19. The number of hydrogen-bond donors (Lipinski definition) is 1. The van der Waals surface area contributed by atoms with Crippen LogP contribution < -0.4 is 0 Å². The first-order valence-corrected chi connectivity index (χ1v) is 4.58. The molecule has 1 aromatic carbocycles. The van der Waals surface area contributed by atoms with E-state index in [1.165, 1.54) is 5.56 Å². The number of aryl methyl sites for hydroxylation is 1. The van der Waals surface area contributed by atoms with Gasteiger partial charge in [-0.25, -0.2) is 0 Å². The van der Waals surface area contributed by atoms with E-state index in [1.54, 1.807) is 6.08 Å². The highest BCUT2D eigenvalue weighted by atomic mass is 16.2. The van der Waals surface area contributed by atoms with E-state index in [0.717, 1.165) is 11.1 Å². The molecule has 0 heterocycles. The zero-order valence-electron chi connectivity index (χ0n) is 8.54. The molecule has 0 saturated heterocycles. The lowest BCUT2D eigenvalue weighted by Crippen LogP contribution is -1.78. The highest BCUT2D eigenvalue weighted by Gasteiger charge is 1.85. The zero-order chi connectivity index (χ0) is 10.4. The number of aliphatic hydroxyl groups is 1. The first-order chi connectivity index (χ1) is 6.72. The molecule has 0 saturated carbocycles. The number of benzene rings is 1. The molecule has 0 aliphatic rings. The largest absolute Gasteiger partial charge is 0.392 e. The van der Waals surface area contributed by atoms with Crippen LogP contribution in [0.2, 0.25) is 0 Å². The van der Waals surface area contributed by atoms with Crippen molar-refractivity contribution in [3.8, 4) is 11.8 Å². The van der Waals surface area contributed by atoms with Crippen LogP contribution in [0.25, 0.3) is 0 Å². The zero-order valence-corrected chi connectivity index (χ0v) is 8.54. The molecule has 0 bridgehead atoms. The molecule has 1 aromatic rings. The summed E-state index contributed by atoms with van der Waals surface area (Å²) in [5, 5.41) is 8.63. The molecule has 1 heteroatoms. The van der Waals surface area contributed by atoms with Crippen LogP contribution in [0.5, 0.6) is 0 Å². The average molecular weight is 186 g/mol. The summed E-state index contributed by atoms with van der Waals surface area (Å²) in [6.07, 6.45) is 1.70. The molecule has 1 N–H and O–H groups in total. The Morgan fingerprint density at radius 3 is 2.57 bits per heavy atom. The Morgan fingerprint density at radius 2 is 2.00 bits per heavy atom. The quantitative estimate of drug-likeness (QED) is 0.667. The summed E-state index contributed by atoms with van der Waals surface area (Å²) in [5.41, 5.74) is 3.13. The molecule has 72 valence electrons. The van der Waals surface area contributed by atoms with Crippen LogP contribution in [-0.4, -0.2) is 11.7 Å². The maximum absolute atomic E-state index is 8.63. The Balaban J connectivity index is 2.78. The van der Waals surface area contributed by atoms with E-state index in [4.69, 9.17) is 5.11 Å². The predicted molar refractivity (Wildman–Crippen MR) is 58.9 cm³/mol. The normalized spacial score (nSPS) is 10.6. The molecule has 0 aliphatic carbocycles. The number of allylic oxidation sites excluding steroid dienone is 1. The second-order valence-electron chi connectivity index (χ2n) is 3.19. The Hall–Kier alpha value is -1.52. The van der Waals surface area contributed by atoms with Gasteiger partial charge in [-0.1, -0.05) is 29.5 Å². The topological polar surface area (TPSA) is 20.2 Å². The molecular formula is C13H14O. The summed E-state index contributed by atoms with van der Waals surface area (Å²) in [7, 11) is 0. The number of aliphatic hydroxyl groups excluding tert-OH is 1. The van der Waals surface area contributed by atoms with Crippen molar-refractivity contribution in [1.82, 2.24) is 0 Å². The van der Waals surface area contributed by atoms with Crippen LogP contribution in [0.15, 0.2) is 35.9 Å². The predicted octanol–water partition coefficient (Wildman–Crippen LogP) is 2.29. The molecule has 14 heavy (non-hydrogen) atoms. The lowest BCUT2D eigenvalue weighted by atomic mass is 10.1. The highest BCUT2D eigenvalue weighted by molar-refractivity contribution is 5.40. The van der Waals surface area contributed by atoms with Crippen molar-refractivity contribution in [3.63, 3.8) is 0 Å². The van der Waals surface area contributed by atoms with Crippen LogP contribution in [-0.2, 0) is 0 Å². The van der Waals surface area contributed by atoms with Gasteiger partial charge in [0.25, 0.3) is 0 Å². The fourth-order valence-corrected chi connectivity index (χ4v) is 0.996. The van der Waals surface area contributed by atoms with Crippen molar-refractivity contribution >= 4 is 0 Å². The van der Waals surface area contributed by atoms with Crippen molar-refractivity contribution in [1.29, 1.82) is 0 Å². The SMILES string of the molecule is C/C(C#Cc1ccc(C)cc1)=C/CO. The number of hydrogen-bond acceptors (Lipinski definition) is 1. The van der Waals surface area contributed by atoms with Crippen LogP contribution in [0.1, 0.15) is 18.1 Å². The van der Waals surface area contributed by atoms with E-state index >= 15 is 0 Å². The van der Waals surface area contributed by atoms with Gasteiger partial charge in [0, 0.05) is 5.56 Å². The summed E-state index contributed by atoms with van der Waals surface area (Å²) in [6.45, 7) is 3.99. The van der Waals surface area contributed by atoms with Crippen molar-refractivity contribution in [3.05, 3.63) is 47.0 Å². The standard InChI is InChI=1S/C13H14O/c1-11-3-6-13(7-4-11)8-5-12(2)9-10-14/h3-4,6-7,9,14H,10H2,1-2H3/b12-9-. The third-order valence-electron chi connectivity index (χ3n) is 1.85. The van der Waals surface area contributed by atoms with E-state index in [9.17, 15) is 0 Å². The van der Waals surface area contributed by atoms with Crippen molar-refractivity contribution in [2.45, 2.75) is 13.8 Å². The van der Waals surface area contributed by atoms with Crippen LogP contribution in [0, 0.1) is 18.8 Å². The molecule has 0 radical (unpaired) electrons. The Bertz CT molecular complexity index is 374. The molecule has 0 fully saturated rings. The molecule has 0 aromatic heterocycles. The Labute approximate surface area is 85.1 Å². The van der Waals surface area contributed by atoms with Gasteiger partial charge in [0.15, 0.2) is 0 Å². The summed E-state index contributed by atoms with van der Waals surface area (Å²) < 4.78 is 0. The maximum atomic E-state index is 8.63. The summed E-state index contributed by atoms with van der Waals surface area (Å²) in [5.74, 6) is 6.00. The highest BCUT2D eigenvalue weighted by Crippen LogP contribution is 2.01. The molecule has 0 aliphatic heterocycles. The van der Waals surface area contributed by atoms with Gasteiger partial charge in [-0.3, -0.25) is 0 Å². The summed E-state index contributed by atoms with van der Waals surface area (Å²) in [4.78, 5) is 0. The van der Waals surface area contributed by atoms with Crippen LogP contribution in [0.4, 0.5) is 0 Å². The van der Waals surface area contributed by atoms with E-state index < -0.39 is 0 Å². The van der Waals surface area contributed by atoms with Gasteiger partial charge >= 0.3 is 0 Å². The molecule has 0 amide bonds. The average Bonchev–Trinajstić information content (AvgIpc) is 2.17. The first kappa shape index (κ1) is 10.6. The summed E-state index contributed by atoms with van der Waals surface area (Å²) in [6, 6.07) is 8.06. The van der Waals surface area contributed by atoms with E-state index in [0.29, 0.717) is 0 Å². The molecule has 1 rings (SSSR count).